The van der Waals surface area contributed by atoms with Gasteiger partial charge in [0.25, 0.3) is 5.56 Å². The minimum atomic E-state index is -0.179. The monoisotopic (exact) mass is 390 g/mol. The van der Waals surface area contributed by atoms with E-state index < -0.39 is 0 Å². The lowest BCUT2D eigenvalue weighted by molar-refractivity contribution is 0.307. The molecule has 0 aromatic carbocycles. The summed E-state index contributed by atoms with van der Waals surface area (Å²) < 4.78 is 7.83. The summed E-state index contributed by atoms with van der Waals surface area (Å²) in [6, 6.07) is 1.71. The molecule has 0 radical (unpaired) electrons. The lowest BCUT2D eigenvalue weighted by Crippen LogP contribution is -2.20. The maximum atomic E-state index is 11.6. The van der Waals surface area contributed by atoms with Crippen molar-refractivity contribution in [2.45, 2.75) is 39.2 Å². The van der Waals surface area contributed by atoms with Gasteiger partial charge in [-0.25, -0.2) is 9.67 Å². The Hall–Kier alpha value is -2.29. The first kappa shape index (κ1) is 15.3. The summed E-state index contributed by atoms with van der Waals surface area (Å²) in [5.41, 5.74) is 1.26. The molecule has 1 aliphatic heterocycles. The number of aryl methyl sites for hydroxylation is 3. The second-order valence-electron chi connectivity index (χ2n) is 5.93. The van der Waals surface area contributed by atoms with Crippen molar-refractivity contribution in [1.29, 1.82) is 0 Å². The molecule has 0 bridgehead atoms. The van der Waals surface area contributed by atoms with Gasteiger partial charge in [0.2, 0.25) is 11.7 Å². The Morgan fingerprint density at radius 1 is 1.38 bits per heavy atom. The molecule has 3 aromatic heterocycles. The highest BCUT2D eigenvalue weighted by molar-refractivity contribution is 9.10. The molecular formula is C15H15BrN6O2. The van der Waals surface area contributed by atoms with Crippen molar-refractivity contribution in [3.63, 3.8) is 0 Å². The molecule has 124 valence electrons. The van der Waals surface area contributed by atoms with Crippen LogP contribution in [0.3, 0.4) is 0 Å². The van der Waals surface area contributed by atoms with E-state index in [-0.39, 0.29) is 11.5 Å². The van der Waals surface area contributed by atoms with Crippen molar-refractivity contribution in [3.05, 3.63) is 44.1 Å². The number of aromatic nitrogens is 6. The average molecular weight is 391 g/mol. The van der Waals surface area contributed by atoms with Gasteiger partial charge < -0.3 is 9.51 Å². The van der Waals surface area contributed by atoms with E-state index in [2.05, 4.69) is 41.1 Å². The Kier molecular flexibility index (Phi) is 3.60. The third-order valence-electron chi connectivity index (χ3n) is 4.19. The highest BCUT2D eigenvalue weighted by Gasteiger charge is 2.27. The average Bonchev–Trinajstić information content (AvgIpc) is 3.15. The van der Waals surface area contributed by atoms with E-state index in [1.165, 1.54) is 0 Å². The molecule has 1 atom stereocenters. The van der Waals surface area contributed by atoms with Crippen molar-refractivity contribution in [2.75, 3.05) is 0 Å². The van der Waals surface area contributed by atoms with Gasteiger partial charge in [-0.2, -0.15) is 10.1 Å². The van der Waals surface area contributed by atoms with Gasteiger partial charge in [-0.1, -0.05) is 5.16 Å². The van der Waals surface area contributed by atoms with Crippen LogP contribution in [0.4, 0.5) is 0 Å². The number of aromatic amines is 1. The molecule has 1 unspecified atom stereocenters. The topological polar surface area (TPSA) is 102 Å². The molecule has 0 spiro atoms. The van der Waals surface area contributed by atoms with Crippen LogP contribution >= 0.6 is 15.9 Å². The number of nitrogens with one attached hydrogen (secondary N) is 1. The quantitative estimate of drug-likeness (QED) is 0.718. The van der Waals surface area contributed by atoms with Crippen LogP contribution in [0.5, 0.6) is 0 Å². The van der Waals surface area contributed by atoms with Crippen LogP contribution in [0, 0.1) is 13.8 Å². The molecule has 0 saturated carbocycles. The Balaban J connectivity index is 1.64. The fraction of sp³-hybridized carbons (Fsp3) is 0.400. The van der Waals surface area contributed by atoms with Gasteiger partial charge in [0.05, 0.1) is 16.9 Å². The second kappa shape index (κ2) is 5.66. The largest absolute Gasteiger partial charge is 0.339 e. The Morgan fingerprint density at radius 2 is 2.21 bits per heavy atom. The predicted octanol–water partition coefficient (Wildman–Crippen LogP) is 2.13. The number of fused-ring (bicyclic) bond motifs is 1. The van der Waals surface area contributed by atoms with Crippen molar-refractivity contribution in [2.24, 2.45) is 0 Å². The molecule has 4 heterocycles. The van der Waals surface area contributed by atoms with E-state index in [0.29, 0.717) is 28.4 Å². The summed E-state index contributed by atoms with van der Waals surface area (Å²) in [5, 5.41) is 8.48. The number of nitrogens with zero attached hydrogens (tertiary/aromatic N) is 5. The third kappa shape index (κ3) is 2.58. The van der Waals surface area contributed by atoms with Gasteiger partial charge in [-0.05, 0) is 42.3 Å². The van der Waals surface area contributed by atoms with Gasteiger partial charge in [0.1, 0.15) is 11.6 Å². The maximum Gasteiger partial charge on any atom is 0.262 e. The zero-order valence-electron chi connectivity index (χ0n) is 13.2. The fourth-order valence-corrected chi connectivity index (χ4v) is 3.30. The van der Waals surface area contributed by atoms with Crippen LogP contribution in [0.1, 0.15) is 35.6 Å². The van der Waals surface area contributed by atoms with Crippen molar-refractivity contribution >= 4 is 15.9 Å². The fourth-order valence-electron chi connectivity index (χ4n) is 2.98. The molecule has 0 fully saturated rings. The van der Waals surface area contributed by atoms with E-state index in [0.717, 1.165) is 30.1 Å². The molecule has 0 aliphatic carbocycles. The molecule has 4 rings (SSSR count). The Labute approximate surface area is 145 Å². The first-order chi connectivity index (χ1) is 11.5. The lowest BCUT2D eigenvalue weighted by Gasteiger charge is -2.18. The van der Waals surface area contributed by atoms with Crippen molar-refractivity contribution in [3.8, 4) is 11.4 Å². The number of pyridine rings is 1. The van der Waals surface area contributed by atoms with E-state index in [9.17, 15) is 4.79 Å². The van der Waals surface area contributed by atoms with E-state index in [4.69, 9.17) is 4.52 Å². The molecule has 24 heavy (non-hydrogen) atoms. The van der Waals surface area contributed by atoms with Gasteiger partial charge in [0, 0.05) is 17.7 Å². The number of halogens is 1. The van der Waals surface area contributed by atoms with E-state index in [1.54, 1.807) is 6.07 Å². The van der Waals surface area contributed by atoms with Crippen LogP contribution in [-0.2, 0) is 13.0 Å². The Bertz CT molecular complexity index is 973. The van der Waals surface area contributed by atoms with Gasteiger partial charge >= 0.3 is 0 Å². The minimum Gasteiger partial charge on any atom is -0.339 e. The zero-order valence-corrected chi connectivity index (χ0v) is 14.8. The van der Waals surface area contributed by atoms with Crippen molar-refractivity contribution in [1.82, 2.24) is 29.9 Å². The first-order valence-electron chi connectivity index (χ1n) is 7.65. The van der Waals surface area contributed by atoms with Crippen LogP contribution in [0.25, 0.3) is 11.4 Å². The van der Waals surface area contributed by atoms with E-state index >= 15 is 0 Å². The van der Waals surface area contributed by atoms with E-state index in [1.807, 2.05) is 18.5 Å². The van der Waals surface area contributed by atoms with Crippen molar-refractivity contribution < 1.29 is 4.52 Å². The summed E-state index contributed by atoms with van der Waals surface area (Å²) in [7, 11) is 0. The second-order valence-corrected chi connectivity index (χ2v) is 6.79. The molecule has 1 N–H and O–H groups in total. The molecule has 8 nitrogen and oxygen atoms in total. The number of hydrogen-bond donors (Lipinski definition) is 1. The standard InChI is InChI=1S/C15H15BrN6O2/c1-7-10(5-11(16)14(23)17-7)13-19-15(24-21-13)9-3-4-12-18-8(2)20-22(12)6-9/h5,9H,3-4,6H2,1-2H3,(H,17,23). The number of H-pyrrole nitrogens is 1. The summed E-state index contributed by atoms with van der Waals surface area (Å²) in [6.45, 7) is 4.39. The predicted molar refractivity (Wildman–Crippen MR) is 88.6 cm³/mol. The minimum absolute atomic E-state index is 0.117. The van der Waals surface area contributed by atoms with Crippen LogP contribution < -0.4 is 5.56 Å². The molecule has 0 saturated heterocycles. The molecule has 1 aliphatic rings. The molecule has 9 heteroatoms. The lowest BCUT2D eigenvalue weighted by atomic mass is 10.00. The highest BCUT2D eigenvalue weighted by atomic mass is 79.9. The third-order valence-corrected chi connectivity index (χ3v) is 4.78. The normalized spacial score (nSPS) is 17.0. The Morgan fingerprint density at radius 3 is 3.04 bits per heavy atom. The molecule has 0 amide bonds. The van der Waals surface area contributed by atoms with Crippen LogP contribution in [-0.4, -0.2) is 29.9 Å². The number of hydrogen-bond acceptors (Lipinski definition) is 6. The SMILES string of the molecule is Cc1nc2n(n1)CC(c1nc(-c3cc(Br)c(=O)[nH]c3C)no1)CC2. The first-order valence-corrected chi connectivity index (χ1v) is 8.44. The van der Waals surface area contributed by atoms with Crippen LogP contribution in [0.2, 0.25) is 0 Å². The molecule has 3 aromatic rings. The maximum absolute atomic E-state index is 11.6. The smallest absolute Gasteiger partial charge is 0.262 e. The zero-order chi connectivity index (χ0) is 16.8. The number of rotatable bonds is 2. The summed E-state index contributed by atoms with van der Waals surface area (Å²) in [4.78, 5) is 23.3. The van der Waals surface area contributed by atoms with Gasteiger partial charge in [-0.15, -0.1) is 0 Å². The van der Waals surface area contributed by atoms with Gasteiger partial charge in [-0.3, -0.25) is 4.79 Å². The van der Waals surface area contributed by atoms with Gasteiger partial charge in [0.15, 0.2) is 0 Å². The highest BCUT2D eigenvalue weighted by Crippen LogP contribution is 2.29. The summed E-state index contributed by atoms with van der Waals surface area (Å²) in [5.74, 6) is 2.96. The summed E-state index contributed by atoms with van der Waals surface area (Å²) >= 11 is 3.23. The molecular weight excluding hydrogens is 376 g/mol. The van der Waals surface area contributed by atoms with Crippen LogP contribution in [0.15, 0.2) is 19.9 Å². The summed E-state index contributed by atoms with van der Waals surface area (Å²) in [6.07, 6.45) is 1.74.